The van der Waals surface area contributed by atoms with E-state index in [1.807, 2.05) is 12.1 Å². The monoisotopic (exact) mass is 552 g/mol. The average Bonchev–Trinajstić information content (AvgIpc) is 2.97. The summed E-state index contributed by atoms with van der Waals surface area (Å²) in [4.78, 5) is 11.0. The standard InChI is InChI=1S/C23H19BrClFN2O4S/c1-13-8-19(18-11-16(26)4-5-20(18)25)23(28(29)30)21(9-13)33(31,32)22-12-27-7-6-14-2-3-15(24)10-17(14)22/h2-5,8-11,22,27H,6-7,12H2,1H3. The van der Waals surface area contributed by atoms with Gasteiger partial charge in [0.25, 0.3) is 5.69 Å². The number of nitrogens with one attached hydrogen (secondary N) is 1. The van der Waals surface area contributed by atoms with Crippen molar-refractivity contribution in [2.75, 3.05) is 13.1 Å². The number of nitrogens with zero attached hydrogens (tertiary/aromatic N) is 1. The minimum Gasteiger partial charge on any atom is -0.315 e. The third-order valence-corrected chi connectivity index (χ3v) is 8.57. The summed E-state index contributed by atoms with van der Waals surface area (Å²) < 4.78 is 42.6. The molecule has 0 saturated carbocycles. The van der Waals surface area contributed by atoms with Crippen LogP contribution in [-0.4, -0.2) is 26.4 Å². The SMILES string of the molecule is Cc1cc(-c2cc(F)ccc2Cl)c([N+](=O)[O-])c(S(=O)(=O)C2CNCCc3ccc(Br)cc32)c1. The van der Waals surface area contributed by atoms with Crippen LogP contribution in [0.1, 0.15) is 21.9 Å². The molecule has 0 amide bonds. The lowest BCUT2D eigenvalue weighted by Gasteiger charge is -2.20. The molecular weight excluding hydrogens is 535 g/mol. The van der Waals surface area contributed by atoms with E-state index in [-0.39, 0.29) is 22.7 Å². The quantitative estimate of drug-likeness (QED) is 0.326. The van der Waals surface area contributed by atoms with E-state index in [2.05, 4.69) is 21.2 Å². The van der Waals surface area contributed by atoms with Gasteiger partial charge >= 0.3 is 0 Å². The number of nitro benzene ring substituents is 1. The number of aryl methyl sites for hydroxylation is 1. The van der Waals surface area contributed by atoms with Gasteiger partial charge in [-0.3, -0.25) is 10.1 Å². The van der Waals surface area contributed by atoms with Crippen LogP contribution in [0.25, 0.3) is 11.1 Å². The van der Waals surface area contributed by atoms with E-state index in [4.69, 9.17) is 11.6 Å². The first-order valence-electron chi connectivity index (χ1n) is 10.1. The van der Waals surface area contributed by atoms with Crippen LogP contribution in [-0.2, 0) is 16.3 Å². The van der Waals surface area contributed by atoms with E-state index >= 15 is 0 Å². The van der Waals surface area contributed by atoms with Crippen molar-refractivity contribution in [3.8, 4) is 11.1 Å². The smallest absolute Gasteiger partial charge is 0.295 e. The van der Waals surface area contributed by atoms with E-state index in [0.717, 1.165) is 17.7 Å². The molecule has 3 aromatic carbocycles. The maximum atomic E-state index is 14.0. The van der Waals surface area contributed by atoms with Gasteiger partial charge in [0.15, 0.2) is 9.84 Å². The van der Waals surface area contributed by atoms with Crippen molar-refractivity contribution >= 4 is 43.1 Å². The molecule has 1 atom stereocenters. The highest BCUT2D eigenvalue weighted by molar-refractivity contribution is 9.10. The van der Waals surface area contributed by atoms with E-state index in [1.54, 1.807) is 13.0 Å². The topological polar surface area (TPSA) is 89.3 Å². The summed E-state index contributed by atoms with van der Waals surface area (Å²) in [7, 11) is -4.23. The van der Waals surface area contributed by atoms with Crippen LogP contribution in [0.3, 0.4) is 0 Å². The summed E-state index contributed by atoms with van der Waals surface area (Å²) in [5.41, 5.74) is 1.33. The molecule has 0 spiro atoms. The Balaban J connectivity index is 2.00. The fourth-order valence-corrected chi connectivity index (χ4v) is 6.75. The Kier molecular flexibility index (Phi) is 6.59. The fraction of sp³-hybridized carbons (Fsp3) is 0.217. The van der Waals surface area contributed by atoms with Crippen LogP contribution in [0, 0.1) is 22.9 Å². The summed E-state index contributed by atoms with van der Waals surface area (Å²) in [6.07, 6.45) is 0.634. The molecule has 1 unspecified atom stereocenters. The van der Waals surface area contributed by atoms with Crippen molar-refractivity contribution in [1.82, 2.24) is 5.32 Å². The Labute approximate surface area is 204 Å². The van der Waals surface area contributed by atoms with Crippen LogP contribution in [0.5, 0.6) is 0 Å². The van der Waals surface area contributed by atoms with Gasteiger partial charge in [0.1, 0.15) is 16.0 Å². The Morgan fingerprint density at radius 3 is 2.64 bits per heavy atom. The maximum absolute atomic E-state index is 14.0. The highest BCUT2D eigenvalue weighted by Gasteiger charge is 2.38. The molecule has 0 bridgehead atoms. The van der Waals surface area contributed by atoms with Gasteiger partial charge in [-0.2, -0.15) is 0 Å². The highest BCUT2D eigenvalue weighted by atomic mass is 79.9. The largest absolute Gasteiger partial charge is 0.315 e. The van der Waals surface area contributed by atoms with E-state index in [9.17, 15) is 22.9 Å². The normalized spacial score (nSPS) is 16.2. The number of rotatable bonds is 4. The van der Waals surface area contributed by atoms with E-state index < -0.39 is 36.4 Å². The molecular formula is C23H19BrClFN2O4S. The first kappa shape index (κ1) is 23.8. The number of sulfone groups is 1. The zero-order chi connectivity index (χ0) is 23.9. The van der Waals surface area contributed by atoms with Crippen molar-refractivity contribution in [3.05, 3.63) is 90.6 Å². The van der Waals surface area contributed by atoms with Crippen LogP contribution >= 0.6 is 27.5 Å². The average molecular weight is 554 g/mol. The van der Waals surface area contributed by atoms with Gasteiger partial charge in [0.05, 0.1) is 10.5 Å². The van der Waals surface area contributed by atoms with Crippen molar-refractivity contribution in [2.24, 2.45) is 0 Å². The lowest BCUT2D eigenvalue weighted by atomic mass is 10.0. The number of benzene rings is 3. The molecule has 33 heavy (non-hydrogen) atoms. The molecule has 172 valence electrons. The predicted molar refractivity (Wildman–Crippen MR) is 129 cm³/mol. The number of hydrogen-bond acceptors (Lipinski definition) is 5. The number of hydrogen-bond donors (Lipinski definition) is 1. The summed E-state index contributed by atoms with van der Waals surface area (Å²) in [5, 5.41) is 14.4. The van der Waals surface area contributed by atoms with Crippen LogP contribution in [0.15, 0.2) is 57.9 Å². The fourth-order valence-electron chi connectivity index (χ4n) is 4.15. The molecule has 1 heterocycles. The molecule has 4 rings (SSSR count). The summed E-state index contributed by atoms with van der Waals surface area (Å²) in [5.74, 6) is -0.638. The molecule has 0 aliphatic carbocycles. The molecule has 0 aromatic heterocycles. The van der Waals surface area contributed by atoms with Crippen molar-refractivity contribution in [1.29, 1.82) is 0 Å². The number of halogens is 3. The Morgan fingerprint density at radius 2 is 1.91 bits per heavy atom. The zero-order valence-corrected chi connectivity index (χ0v) is 20.6. The van der Waals surface area contributed by atoms with Gasteiger partial charge in [-0.05, 0) is 79.0 Å². The molecule has 0 saturated heterocycles. The van der Waals surface area contributed by atoms with Gasteiger partial charge in [-0.15, -0.1) is 0 Å². The third kappa shape index (κ3) is 4.55. The zero-order valence-electron chi connectivity index (χ0n) is 17.4. The van der Waals surface area contributed by atoms with Crippen molar-refractivity contribution in [2.45, 2.75) is 23.5 Å². The molecule has 1 N–H and O–H groups in total. The summed E-state index contributed by atoms with van der Waals surface area (Å²) >= 11 is 9.63. The Bertz CT molecular complexity index is 1380. The lowest BCUT2D eigenvalue weighted by Crippen LogP contribution is -2.26. The van der Waals surface area contributed by atoms with E-state index in [1.165, 1.54) is 18.2 Å². The first-order valence-corrected chi connectivity index (χ1v) is 12.8. The molecule has 1 aliphatic rings. The maximum Gasteiger partial charge on any atom is 0.295 e. The second kappa shape index (κ2) is 9.13. The van der Waals surface area contributed by atoms with Crippen LogP contribution in [0.2, 0.25) is 5.02 Å². The van der Waals surface area contributed by atoms with Gasteiger partial charge in [-0.1, -0.05) is 33.6 Å². The van der Waals surface area contributed by atoms with Crippen molar-refractivity contribution < 1.29 is 17.7 Å². The number of fused-ring (bicyclic) bond motifs is 1. The molecule has 0 fully saturated rings. The molecule has 6 nitrogen and oxygen atoms in total. The molecule has 1 aliphatic heterocycles. The number of nitro groups is 1. The second-order valence-corrected chi connectivity index (χ2v) is 11.3. The first-order chi connectivity index (χ1) is 15.6. The minimum atomic E-state index is -4.23. The Hall–Kier alpha value is -2.33. The van der Waals surface area contributed by atoms with Gasteiger partial charge < -0.3 is 5.32 Å². The van der Waals surface area contributed by atoms with E-state index in [0.29, 0.717) is 28.6 Å². The second-order valence-electron chi connectivity index (χ2n) is 7.87. The van der Waals surface area contributed by atoms with Crippen LogP contribution < -0.4 is 5.32 Å². The highest BCUT2D eigenvalue weighted by Crippen LogP contribution is 2.43. The molecule has 3 aromatic rings. The lowest BCUT2D eigenvalue weighted by molar-refractivity contribution is -0.387. The summed E-state index contributed by atoms with van der Waals surface area (Å²) in [6.45, 7) is 2.32. The van der Waals surface area contributed by atoms with Gasteiger partial charge in [0, 0.05) is 21.6 Å². The minimum absolute atomic E-state index is 0.0425. The van der Waals surface area contributed by atoms with Gasteiger partial charge in [-0.25, -0.2) is 12.8 Å². The third-order valence-electron chi connectivity index (χ3n) is 5.66. The Morgan fingerprint density at radius 1 is 1.15 bits per heavy atom. The molecule has 0 radical (unpaired) electrons. The van der Waals surface area contributed by atoms with Gasteiger partial charge in [0.2, 0.25) is 0 Å². The predicted octanol–water partition coefficient (Wildman–Crippen LogP) is 5.79. The van der Waals surface area contributed by atoms with Crippen molar-refractivity contribution in [3.63, 3.8) is 0 Å². The molecule has 10 heteroatoms. The van der Waals surface area contributed by atoms with Crippen LogP contribution in [0.4, 0.5) is 10.1 Å². The summed E-state index contributed by atoms with van der Waals surface area (Å²) in [6, 6.07) is 11.7.